The van der Waals surface area contributed by atoms with Crippen molar-refractivity contribution in [3.8, 4) is 6.07 Å². The van der Waals surface area contributed by atoms with Crippen LogP contribution >= 0.6 is 11.8 Å². The third kappa shape index (κ3) is 1.99. The summed E-state index contributed by atoms with van der Waals surface area (Å²) >= 11 is 1.38. The van der Waals surface area contributed by atoms with Gasteiger partial charge in [0.05, 0.1) is 0 Å². The minimum atomic E-state index is -0.539. The quantitative estimate of drug-likeness (QED) is 0.701. The Morgan fingerprint density at radius 3 is 2.64 bits per heavy atom. The van der Waals surface area contributed by atoms with E-state index in [1.54, 1.807) is 6.07 Å². The second-order valence-electron chi connectivity index (χ2n) is 3.15. The van der Waals surface area contributed by atoms with Crippen LogP contribution in [0.15, 0.2) is 20.2 Å². The van der Waals surface area contributed by atoms with Crippen molar-refractivity contribution in [2.24, 2.45) is 0 Å². The number of hydrogen-bond donors (Lipinski definition) is 0. The van der Waals surface area contributed by atoms with E-state index in [4.69, 9.17) is 9.68 Å². The van der Waals surface area contributed by atoms with E-state index in [9.17, 15) is 4.79 Å². The fourth-order valence-corrected chi connectivity index (χ4v) is 1.60. The molecule has 0 unspecified atom stereocenters. The Morgan fingerprint density at radius 1 is 1.57 bits per heavy atom. The summed E-state index contributed by atoms with van der Waals surface area (Å²) in [7, 11) is 0. The van der Waals surface area contributed by atoms with Crippen LogP contribution in [-0.4, -0.2) is 6.26 Å². The summed E-state index contributed by atoms with van der Waals surface area (Å²) in [4.78, 5) is 12.0. The van der Waals surface area contributed by atoms with Crippen molar-refractivity contribution in [3.63, 3.8) is 0 Å². The third-order valence-electron chi connectivity index (χ3n) is 1.84. The summed E-state index contributed by atoms with van der Waals surface area (Å²) in [6.07, 6.45) is 1.83. The van der Waals surface area contributed by atoms with Crippen LogP contribution in [-0.2, 0) is 0 Å². The third-order valence-corrected chi connectivity index (χ3v) is 2.60. The highest BCUT2D eigenvalue weighted by molar-refractivity contribution is 7.98. The summed E-state index contributed by atoms with van der Waals surface area (Å²) in [6.45, 7) is 3.88. The van der Waals surface area contributed by atoms with Crippen molar-refractivity contribution in [2.45, 2.75) is 24.7 Å². The van der Waals surface area contributed by atoms with Crippen molar-refractivity contribution in [1.82, 2.24) is 0 Å². The first-order chi connectivity index (χ1) is 6.60. The lowest BCUT2D eigenvalue weighted by atomic mass is 10.1. The van der Waals surface area contributed by atoms with Crippen LogP contribution < -0.4 is 5.63 Å². The first kappa shape index (κ1) is 10.9. The molecule has 0 N–H and O–H groups in total. The van der Waals surface area contributed by atoms with Crippen molar-refractivity contribution in [1.29, 1.82) is 5.26 Å². The zero-order chi connectivity index (χ0) is 10.7. The van der Waals surface area contributed by atoms with Gasteiger partial charge in [-0.05, 0) is 12.3 Å². The largest absolute Gasteiger partial charge is 0.427 e. The van der Waals surface area contributed by atoms with E-state index in [1.807, 2.05) is 26.2 Å². The molecule has 1 heterocycles. The number of hydrogen-bond acceptors (Lipinski definition) is 4. The Labute approximate surface area is 86.7 Å². The molecule has 0 radical (unpaired) electrons. The van der Waals surface area contributed by atoms with Crippen LogP contribution in [0.3, 0.4) is 0 Å². The highest BCUT2D eigenvalue weighted by Crippen LogP contribution is 2.22. The first-order valence-electron chi connectivity index (χ1n) is 4.22. The SMILES string of the molecule is CSc1cc(C(C)C)oc(=O)c1C#N. The van der Waals surface area contributed by atoms with Gasteiger partial charge in [-0.15, -0.1) is 11.8 Å². The molecule has 1 rings (SSSR count). The van der Waals surface area contributed by atoms with Crippen molar-refractivity contribution < 1.29 is 4.42 Å². The minimum absolute atomic E-state index is 0.0990. The van der Waals surface area contributed by atoms with Gasteiger partial charge in [0.1, 0.15) is 11.8 Å². The smallest absolute Gasteiger partial charge is 0.355 e. The predicted molar refractivity (Wildman–Crippen MR) is 55.6 cm³/mol. The van der Waals surface area contributed by atoms with E-state index in [-0.39, 0.29) is 11.5 Å². The lowest BCUT2D eigenvalue weighted by Crippen LogP contribution is -2.08. The van der Waals surface area contributed by atoms with E-state index in [1.165, 1.54) is 11.8 Å². The second kappa shape index (κ2) is 4.34. The maximum absolute atomic E-state index is 11.4. The summed E-state index contributed by atoms with van der Waals surface area (Å²) in [5.74, 6) is 0.777. The average molecular weight is 209 g/mol. The molecule has 74 valence electrons. The van der Waals surface area contributed by atoms with Gasteiger partial charge < -0.3 is 4.42 Å². The van der Waals surface area contributed by atoms with Crippen LogP contribution in [0.2, 0.25) is 0 Å². The molecule has 4 heteroatoms. The molecule has 0 atom stereocenters. The Balaban J connectivity index is 3.41. The average Bonchev–Trinajstić information content (AvgIpc) is 2.16. The molecule has 0 bridgehead atoms. The molecule has 0 aliphatic heterocycles. The summed E-state index contributed by atoms with van der Waals surface area (Å²) in [6, 6.07) is 3.61. The lowest BCUT2D eigenvalue weighted by molar-refractivity contribution is 0.434. The number of nitriles is 1. The molecule has 1 aromatic heterocycles. The highest BCUT2D eigenvalue weighted by Gasteiger charge is 2.12. The lowest BCUT2D eigenvalue weighted by Gasteiger charge is -2.05. The van der Waals surface area contributed by atoms with Crippen molar-refractivity contribution in [3.05, 3.63) is 27.8 Å². The molecule has 0 fully saturated rings. The van der Waals surface area contributed by atoms with Gasteiger partial charge in [0.25, 0.3) is 0 Å². The van der Waals surface area contributed by atoms with E-state index in [0.717, 1.165) is 0 Å². The van der Waals surface area contributed by atoms with Gasteiger partial charge in [-0.3, -0.25) is 0 Å². The monoisotopic (exact) mass is 209 g/mol. The zero-order valence-electron chi connectivity index (χ0n) is 8.33. The van der Waals surface area contributed by atoms with Crippen LogP contribution in [0.5, 0.6) is 0 Å². The van der Waals surface area contributed by atoms with Crippen LogP contribution in [0.4, 0.5) is 0 Å². The van der Waals surface area contributed by atoms with Crippen molar-refractivity contribution >= 4 is 11.8 Å². The summed E-state index contributed by atoms with van der Waals surface area (Å²) in [5, 5.41) is 8.74. The fourth-order valence-electron chi connectivity index (χ4n) is 1.04. The molecule has 0 saturated carbocycles. The molecule has 0 amide bonds. The highest BCUT2D eigenvalue weighted by atomic mass is 32.2. The molecule has 0 spiro atoms. The maximum atomic E-state index is 11.4. The van der Waals surface area contributed by atoms with Gasteiger partial charge in [-0.25, -0.2) is 4.79 Å². The predicted octanol–water partition coefficient (Wildman–Crippen LogP) is 2.36. The first-order valence-corrected chi connectivity index (χ1v) is 5.44. The molecule has 0 saturated heterocycles. The van der Waals surface area contributed by atoms with E-state index in [2.05, 4.69) is 0 Å². The van der Waals surface area contributed by atoms with Gasteiger partial charge in [0.15, 0.2) is 5.56 Å². The maximum Gasteiger partial charge on any atom is 0.355 e. The Morgan fingerprint density at radius 2 is 2.21 bits per heavy atom. The van der Waals surface area contributed by atoms with Gasteiger partial charge in [-0.1, -0.05) is 13.8 Å². The zero-order valence-corrected chi connectivity index (χ0v) is 9.14. The van der Waals surface area contributed by atoms with E-state index in [0.29, 0.717) is 10.7 Å². The number of nitrogens with zero attached hydrogens (tertiary/aromatic N) is 1. The molecule has 1 aromatic rings. The topological polar surface area (TPSA) is 54.0 Å². The molecule has 3 nitrogen and oxygen atoms in total. The summed E-state index contributed by atoms with van der Waals surface area (Å²) in [5.41, 5.74) is -0.440. The second-order valence-corrected chi connectivity index (χ2v) is 3.99. The molecular formula is C10H11NO2S. The Bertz CT molecular complexity index is 429. The van der Waals surface area contributed by atoms with E-state index < -0.39 is 5.63 Å². The van der Waals surface area contributed by atoms with E-state index >= 15 is 0 Å². The Hall–Kier alpha value is -1.21. The molecular weight excluding hydrogens is 198 g/mol. The van der Waals surface area contributed by atoms with Gasteiger partial charge in [-0.2, -0.15) is 5.26 Å². The molecule has 0 aliphatic carbocycles. The number of thioether (sulfide) groups is 1. The minimum Gasteiger partial charge on any atom is -0.427 e. The standard InChI is InChI=1S/C10H11NO2S/c1-6(2)8-4-9(14-3)7(5-11)10(12)13-8/h4,6H,1-3H3. The van der Waals surface area contributed by atoms with Gasteiger partial charge in [0, 0.05) is 10.8 Å². The van der Waals surface area contributed by atoms with Crippen molar-refractivity contribution in [2.75, 3.05) is 6.26 Å². The van der Waals surface area contributed by atoms with Gasteiger partial charge in [0.2, 0.25) is 0 Å². The molecule has 0 aliphatic rings. The van der Waals surface area contributed by atoms with Crippen LogP contribution in [0, 0.1) is 11.3 Å². The Kier molecular flexibility index (Phi) is 3.37. The number of rotatable bonds is 2. The molecule has 14 heavy (non-hydrogen) atoms. The van der Waals surface area contributed by atoms with Crippen LogP contribution in [0.1, 0.15) is 31.1 Å². The van der Waals surface area contributed by atoms with Gasteiger partial charge >= 0.3 is 5.63 Å². The normalized spacial score (nSPS) is 10.2. The molecule has 0 aromatic carbocycles. The van der Waals surface area contributed by atoms with Crippen LogP contribution in [0.25, 0.3) is 0 Å². The fraction of sp³-hybridized carbons (Fsp3) is 0.400. The summed E-state index contributed by atoms with van der Waals surface area (Å²) < 4.78 is 5.01.